The number of amides is 1. The fourth-order valence-corrected chi connectivity index (χ4v) is 3.19. The molecule has 4 rings (SSSR count). The predicted octanol–water partition coefficient (Wildman–Crippen LogP) is 2.42. The molecular formula is C18H18N6O. The topological polar surface area (TPSA) is 76.8 Å². The first kappa shape index (κ1) is 15.4. The van der Waals surface area contributed by atoms with E-state index in [-0.39, 0.29) is 11.9 Å². The summed E-state index contributed by atoms with van der Waals surface area (Å²) in [5.41, 5.74) is 1.53. The van der Waals surface area contributed by atoms with Gasteiger partial charge in [0, 0.05) is 24.5 Å². The molecule has 1 saturated heterocycles. The van der Waals surface area contributed by atoms with E-state index in [2.05, 4.69) is 20.3 Å². The highest BCUT2D eigenvalue weighted by atomic mass is 16.2. The first-order valence-electron chi connectivity index (χ1n) is 8.37. The van der Waals surface area contributed by atoms with E-state index >= 15 is 0 Å². The van der Waals surface area contributed by atoms with Crippen molar-refractivity contribution < 1.29 is 4.79 Å². The molecule has 7 nitrogen and oxygen atoms in total. The largest absolute Gasteiger partial charge is 0.328 e. The molecule has 7 heteroatoms. The van der Waals surface area contributed by atoms with Crippen LogP contribution in [0.3, 0.4) is 0 Å². The molecule has 1 aliphatic heterocycles. The number of rotatable bonds is 3. The number of carbonyl (C=O) groups excluding carboxylic acids is 1. The molecule has 0 N–H and O–H groups in total. The zero-order chi connectivity index (χ0) is 17.1. The maximum atomic E-state index is 13.0. The molecule has 126 valence electrons. The second kappa shape index (κ2) is 6.80. The predicted molar refractivity (Wildman–Crippen MR) is 91.0 cm³/mol. The van der Waals surface area contributed by atoms with E-state index in [1.54, 1.807) is 35.5 Å². The van der Waals surface area contributed by atoms with Crippen molar-refractivity contribution in [3.05, 3.63) is 66.5 Å². The van der Waals surface area contributed by atoms with Gasteiger partial charge in [0.25, 0.3) is 5.91 Å². The molecule has 1 unspecified atom stereocenters. The summed E-state index contributed by atoms with van der Waals surface area (Å²) >= 11 is 0. The van der Waals surface area contributed by atoms with E-state index in [9.17, 15) is 4.79 Å². The number of hydrogen-bond acceptors (Lipinski definition) is 5. The van der Waals surface area contributed by atoms with Crippen LogP contribution in [0.4, 0.5) is 0 Å². The highest BCUT2D eigenvalue weighted by Crippen LogP contribution is 2.30. The van der Waals surface area contributed by atoms with Gasteiger partial charge in [0.05, 0.1) is 24.1 Å². The fourth-order valence-electron chi connectivity index (χ4n) is 3.19. The number of nitrogens with zero attached hydrogens (tertiary/aromatic N) is 6. The van der Waals surface area contributed by atoms with E-state index in [1.807, 2.05) is 29.2 Å². The second-order valence-corrected chi connectivity index (χ2v) is 6.01. The Labute approximate surface area is 145 Å². The van der Waals surface area contributed by atoms with Crippen LogP contribution in [-0.4, -0.2) is 42.3 Å². The van der Waals surface area contributed by atoms with Gasteiger partial charge in [-0.3, -0.25) is 4.79 Å². The second-order valence-electron chi connectivity index (χ2n) is 6.01. The van der Waals surface area contributed by atoms with Crippen molar-refractivity contribution in [3.8, 4) is 5.69 Å². The van der Waals surface area contributed by atoms with Crippen molar-refractivity contribution in [2.24, 2.45) is 0 Å². The summed E-state index contributed by atoms with van der Waals surface area (Å²) in [7, 11) is 0. The lowest BCUT2D eigenvalue weighted by Gasteiger charge is -2.34. The standard InChI is InChI=1S/C18H18N6O/c25-18(14-5-7-15(8-6-14)24-13-11-21-22-24)23-12-2-1-4-16(23)17-19-9-3-10-20-17/h3,5-11,13,16H,1-2,4,12H2. The number of aromatic nitrogens is 5. The molecule has 0 radical (unpaired) electrons. The Morgan fingerprint density at radius 3 is 2.56 bits per heavy atom. The van der Waals surface area contributed by atoms with Crippen molar-refractivity contribution in [1.29, 1.82) is 0 Å². The number of likely N-dealkylation sites (tertiary alicyclic amines) is 1. The minimum absolute atomic E-state index is 0.0160. The third-order valence-electron chi connectivity index (χ3n) is 4.45. The lowest BCUT2D eigenvalue weighted by molar-refractivity contribution is 0.0600. The number of hydrogen-bond donors (Lipinski definition) is 0. The Balaban J connectivity index is 1.58. The number of benzene rings is 1. The van der Waals surface area contributed by atoms with E-state index in [4.69, 9.17) is 0 Å². The maximum absolute atomic E-state index is 13.0. The third kappa shape index (κ3) is 3.13. The van der Waals surface area contributed by atoms with Crippen LogP contribution in [0.5, 0.6) is 0 Å². The van der Waals surface area contributed by atoms with Crippen LogP contribution < -0.4 is 0 Å². The molecule has 1 aliphatic rings. The Bertz CT molecular complexity index is 832. The van der Waals surface area contributed by atoms with E-state index < -0.39 is 0 Å². The van der Waals surface area contributed by atoms with Gasteiger partial charge in [0.15, 0.2) is 5.82 Å². The summed E-state index contributed by atoms with van der Waals surface area (Å²) in [6.45, 7) is 0.729. The van der Waals surface area contributed by atoms with Crippen molar-refractivity contribution in [2.45, 2.75) is 25.3 Å². The van der Waals surface area contributed by atoms with E-state index in [0.717, 1.165) is 37.3 Å². The minimum Gasteiger partial charge on any atom is -0.328 e. The summed E-state index contributed by atoms with van der Waals surface area (Å²) < 4.78 is 1.66. The SMILES string of the molecule is O=C(c1ccc(-n2ccnn2)cc1)N1CCCCC1c1ncccn1. The lowest BCUT2D eigenvalue weighted by atomic mass is 10.00. The summed E-state index contributed by atoms with van der Waals surface area (Å²) in [6, 6.07) is 9.15. The molecule has 2 aromatic heterocycles. The zero-order valence-corrected chi connectivity index (χ0v) is 13.7. The molecule has 0 saturated carbocycles. The molecule has 3 aromatic rings. The Morgan fingerprint density at radius 1 is 1.04 bits per heavy atom. The minimum atomic E-state index is -0.0579. The Morgan fingerprint density at radius 2 is 1.84 bits per heavy atom. The Hall–Kier alpha value is -3.09. The van der Waals surface area contributed by atoms with Crippen LogP contribution in [-0.2, 0) is 0 Å². The summed E-state index contributed by atoms with van der Waals surface area (Å²) in [6.07, 6.45) is 9.83. The van der Waals surface area contributed by atoms with Gasteiger partial charge >= 0.3 is 0 Å². The average Bonchev–Trinajstić information content (AvgIpc) is 3.23. The molecular weight excluding hydrogens is 316 g/mol. The van der Waals surface area contributed by atoms with Crippen LogP contribution in [0.25, 0.3) is 5.69 Å². The van der Waals surface area contributed by atoms with Gasteiger partial charge in [-0.25, -0.2) is 14.6 Å². The summed E-state index contributed by atoms with van der Waals surface area (Å²) in [5, 5.41) is 7.75. The molecule has 1 atom stereocenters. The lowest BCUT2D eigenvalue weighted by Crippen LogP contribution is -2.39. The molecule has 0 bridgehead atoms. The van der Waals surface area contributed by atoms with Crippen molar-refractivity contribution in [3.63, 3.8) is 0 Å². The summed E-state index contributed by atoms with van der Waals surface area (Å²) in [4.78, 5) is 23.6. The molecule has 0 spiro atoms. The third-order valence-corrected chi connectivity index (χ3v) is 4.45. The van der Waals surface area contributed by atoms with Crippen LogP contribution in [0.1, 0.15) is 41.5 Å². The van der Waals surface area contributed by atoms with Crippen LogP contribution in [0.2, 0.25) is 0 Å². The van der Waals surface area contributed by atoms with Crippen LogP contribution in [0.15, 0.2) is 55.1 Å². The van der Waals surface area contributed by atoms with Gasteiger partial charge in [0.1, 0.15) is 0 Å². The first-order valence-corrected chi connectivity index (χ1v) is 8.37. The average molecular weight is 334 g/mol. The number of piperidine rings is 1. The van der Waals surface area contributed by atoms with Crippen molar-refractivity contribution >= 4 is 5.91 Å². The fraction of sp³-hybridized carbons (Fsp3) is 0.278. The van der Waals surface area contributed by atoms with E-state index in [0.29, 0.717) is 5.56 Å². The molecule has 1 fully saturated rings. The highest BCUT2D eigenvalue weighted by Gasteiger charge is 2.30. The number of carbonyl (C=O) groups is 1. The van der Waals surface area contributed by atoms with Gasteiger partial charge in [-0.15, -0.1) is 5.10 Å². The van der Waals surface area contributed by atoms with Gasteiger partial charge < -0.3 is 4.90 Å². The molecule has 1 amide bonds. The van der Waals surface area contributed by atoms with Crippen molar-refractivity contribution in [1.82, 2.24) is 29.9 Å². The molecule has 25 heavy (non-hydrogen) atoms. The van der Waals surface area contributed by atoms with Gasteiger partial charge in [-0.05, 0) is 49.6 Å². The van der Waals surface area contributed by atoms with Crippen LogP contribution in [0, 0.1) is 0 Å². The quantitative estimate of drug-likeness (QED) is 0.735. The smallest absolute Gasteiger partial charge is 0.254 e. The zero-order valence-electron chi connectivity index (χ0n) is 13.7. The van der Waals surface area contributed by atoms with Gasteiger partial charge in [0.2, 0.25) is 0 Å². The molecule has 0 aliphatic carbocycles. The maximum Gasteiger partial charge on any atom is 0.254 e. The molecule has 1 aromatic carbocycles. The van der Waals surface area contributed by atoms with Gasteiger partial charge in [-0.1, -0.05) is 5.21 Å². The van der Waals surface area contributed by atoms with Crippen LogP contribution >= 0.6 is 0 Å². The normalized spacial score (nSPS) is 17.4. The monoisotopic (exact) mass is 334 g/mol. The van der Waals surface area contributed by atoms with Crippen molar-refractivity contribution in [2.75, 3.05) is 6.54 Å². The van der Waals surface area contributed by atoms with Gasteiger partial charge in [-0.2, -0.15) is 0 Å². The first-order chi connectivity index (χ1) is 12.3. The highest BCUT2D eigenvalue weighted by molar-refractivity contribution is 5.94. The Kier molecular flexibility index (Phi) is 4.20. The van der Waals surface area contributed by atoms with E-state index in [1.165, 1.54) is 0 Å². The molecule has 3 heterocycles. The summed E-state index contributed by atoms with van der Waals surface area (Å²) in [5.74, 6) is 0.733.